The number of aryl methyl sites for hydroxylation is 1. The van der Waals surface area contributed by atoms with Gasteiger partial charge in [0.05, 0.1) is 12.3 Å². The molecule has 0 aliphatic carbocycles. The number of allylic oxidation sites excluding steroid dienone is 1. The van der Waals surface area contributed by atoms with Gasteiger partial charge in [-0.3, -0.25) is 10.1 Å². The summed E-state index contributed by atoms with van der Waals surface area (Å²) in [5.74, 6) is -1.25. The van der Waals surface area contributed by atoms with Crippen molar-refractivity contribution in [3.63, 3.8) is 0 Å². The Balaban J connectivity index is 0.00000210. The van der Waals surface area contributed by atoms with Crippen molar-refractivity contribution < 1.29 is 15.3 Å². The lowest BCUT2D eigenvalue weighted by Gasteiger charge is -2.24. The van der Waals surface area contributed by atoms with Crippen molar-refractivity contribution >= 4 is 5.71 Å². The summed E-state index contributed by atoms with van der Waals surface area (Å²) in [6, 6.07) is 16.2. The lowest BCUT2D eigenvalue weighted by atomic mass is 9.95. The summed E-state index contributed by atoms with van der Waals surface area (Å²) in [5, 5.41) is 37.4. The van der Waals surface area contributed by atoms with Crippen LogP contribution in [0.15, 0.2) is 71.1 Å². The zero-order chi connectivity index (χ0) is 25.8. The van der Waals surface area contributed by atoms with Crippen LogP contribution in [-0.2, 0) is 6.42 Å². The minimum Gasteiger partial charge on any atom is -0.392 e. The van der Waals surface area contributed by atoms with E-state index in [1.165, 1.54) is 6.33 Å². The molecule has 4 N–H and O–H groups in total. The molecule has 0 atom stereocenters. The van der Waals surface area contributed by atoms with Gasteiger partial charge < -0.3 is 15.3 Å². The first kappa shape index (κ1) is 28.1. The van der Waals surface area contributed by atoms with E-state index < -0.39 is 5.79 Å². The van der Waals surface area contributed by atoms with Crippen molar-refractivity contribution in [2.24, 2.45) is 4.99 Å². The van der Waals surface area contributed by atoms with Gasteiger partial charge in [0.15, 0.2) is 5.82 Å². The zero-order valence-corrected chi connectivity index (χ0v) is 21.4. The quantitative estimate of drug-likeness (QED) is 0.233. The molecule has 3 rings (SSSR count). The van der Waals surface area contributed by atoms with Crippen LogP contribution in [0.2, 0.25) is 0 Å². The fraction of sp³-hybridized carbons (Fsp3) is 0.393. The maximum atomic E-state index is 10.6. The van der Waals surface area contributed by atoms with Gasteiger partial charge in [-0.25, -0.2) is 4.98 Å². The van der Waals surface area contributed by atoms with E-state index in [2.05, 4.69) is 32.3 Å². The number of aliphatic imine (C=N–C) groups is 1. The summed E-state index contributed by atoms with van der Waals surface area (Å²) in [5.41, 5.74) is 5.78. The first-order valence-corrected chi connectivity index (χ1v) is 12.2. The Morgan fingerprint density at radius 2 is 1.66 bits per heavy atom. The summed E-state index contributed by atoms with van der Waals surface area (Å²) in [6.45, 7) is 9.34. The van der Waals surface area contributed by atoms with E-state index in [1.54, 1.807) is 13.8 Å². The molecular formula is C28H38N4O3. The molecule has 0 aliphatic heterocycles. The Morgan fingerprint density at radius 1 is 1.00 bits per heavy atom. The monoisotopic (exact) mass is 478 g/mol. The van der Waals surface area contributed by atoms with Crippen LogP contribution < -0.4 is 0 Å². The van der Waals surface area contributed by atoms with E-state index in [4.69, 9.17) is 0 Å². The van der Waals surface area contributed by atoms with Crippen LogP contribution in [-0.4, -0.2) is 48.6 Å². The van der Waals surface area contributed by atoms with Crippen molar-refractivity contribution in [3.8, 4) is 22.5 Å². The number of hydrogen-bond donors (Lipinski definition) is 4. The molecule has 7 nitrogen and oxygen atoms in total. The van der Waals surface area contributed by atoms with Crippen molar-refractivity contribution in [2.45, 2.75) is 66.1 Å². The molecule has 35 heavy (non-hydrogen) atoms. The molecule has 0 aliphatic rings. The molecular weight excluding hydrogens is 440 g/mol. The van der Waals surface area contributed by atoms with Gasteiger partial charge >= 0.3 is 0 Å². The highest BCUT2D eigenvalue weighted by atomic mass is 16.5. The molecule has 0 unspecified atom stereocenters. The van der Waals surface area contributed by atoms with Crippen LogP contribution >= 0.6 is 0 Å². The van der Waals surface area contributed by atoms with Crippen LogP contribution in [0.1, 0.15) is 59.4 Å². The van der Waals surface area contributed by atoms with E-state index in [1.807, 2.05) is 57.2 Å². The van der Waals surface area contributed by atoms with E-state index in [9.17, 15) is 15.3 Å². The summed E-state index contributed by atoms with van der Waals surface area (Å²) < 4.78 is 0. The van der Waals surface area contributed by atoms with Crippen LogP contribution in [0, 0.1) is 0 Å². The smallest absolute Gasteiger partial charge is 0.203 e. The first-order chi connectivity index (χ1) is 16.9. The van der Waals surface area contributed by atoms with Gasteiger partial charge in [-0.05, 0) is 49.0 Å². The Labute approximate surface area is 208 Å². The molecule has 0 saturated heterocycles. The summed E-state index contributed by atoms with van der Waals surface area (Å²) in [6.07, 6.45) is 3.33. The molecule has 0 spiro atoms. The number of hydrogen-bond acceptors (Lipinski definition) is 6. The molecule has 0 radical (unpaired) electrons. The zero-order valence-electron chi connectivity index (χ0n) is 21.4. The number of benzene rings is 2. The average Bonchev–Trinajstić information content (AvgIpc) is 3.42. The molecule has 1 aromatic heterocycles. The molecule has 0 saturated carbocycles. The second-order valence-corrected chi connectivity index (χ2v) is 8.23. The van der Waals surface area contributed by atoms with Crippen molar-refractivity contribution in [2.75, 3.05) is 6.61 Å². The van der Waals surface area contributed by atoms with Gasteiger partial charge in [-0.15, -0.1) is 0 Å². The Hall–Kier alpha value is -3.13. The average molecular weight is 479 g/mol. The maximum absolute atomic E-state index is 10.6. The van der Waals surface area contributed by atoms with Gasteiger partial charge in [-0.2, -0.15) is 5.10 Å². The van der Waals surface area contributed by atoms with Crippen LogP contribution in [0.5, 0.6) is 0 Å². The molecule has 3 aromatic rings. The standard InChI is InChI=1S/C26H32N4O3.C2H6/c1-4-15-26(32,33)24(29-19(3)18(2)16-31)14-11-20-9-12-21(13-10-20)22-7-5-6-8-23(22)25-27-17-28-30-25;1-2/h5-10,12-13,17,31-33H,4,11,14-16H2,1-3H3,(H,27,28,30);1-2H3/b19-18+,29-24?;. The van der Waals surface area contributed by atoms with Crippen molar-refractivity contribution in [1.82, 2.24) is 15.2 Å². The van der Waals surface area contributed by atoms with E-state index >= 15 is 0 Å². The van der Waals surface area contributed by atoms with Gasteiger partial charge in [0.1, 0.15) is 6.33 Å². The number of aliphatic hydroxyl groups excluding tert-OH is 1. The Morgan fingerprint density at radius 3 is 2.23 bits per heavy atom. The lowest BCUT2D eigenvalue weighted by Crippen LogP contribution is -2.38. The second-order valence-electron chi connectivity index (χ2n) is 8.23. The van der Waals surface area contributed by atoms with Gasteiger partial charge in [0.2, 0.25) is 5.79 Å². The Bertz CT molecular complexity index is 1100. The van der Waals surface area contributed by atoms with Gasteiger partial charge in [-0.1, -0.05) is 75.7 Å². The minimum absolute atomic E-state index is 0.114. The molecule has 0 bridgehead atoms. The van der Waals surface area contributed by atoms with Crippen molar-refractivity contribution in [3.05, 3.63) is 71.7 Å². The fourth-order valence-electron chi connectivity index (χ4n) is 3.64. The molecule has 0 amide bonds. The SMILES string of the molecule is CC.CCCC(O)(O)C(CCc1ccc(-c2ccccc2-c2ncn[nH]2)cc1)=N/C(C)=C(\C)CO. The highest BCUT2D eigenvalue weighted by Crippen LogP contribution is 2.30. The third-order valence-corrected chi connectivity index (χ3v) is 5.73. The van der Waals surface area contributed by atoms with Crippen LogP contribution in [0.3, 0.4) is 0 Å². The lowest BCUT2D eigenvalue weighted by molar-refractivity contribution is -0.105. The molecule has 0 fully saturated rings. The van der Waals surface area contributed by atoms with E-state index in [0.717, 1.165) is 28.1 Å². The number of rotatable bonds is 10. The van der Waals surface area contributed by atoms with Gasteiger partial charge in [0, 0.05) is 17.7 Å². The molecule has 7 heteroatoms. The normalized spacial score (nSPS) is 12.6. The van der Waals surface area contributed by atoms with Crippen LogP contribution in [0.4, 0.5) is 0 Å². The Kier molecular flexibility index (Phi) is 11.0. The number of nitrogens with zero attached hydrogens (tertiary/aromatic N) is 3. The third kappa shape index (κ3) is 7.68. The highest BCUT2D eigenvalue weighted by Gasteiger charge is 2.29. The molecule has 2 aromatic carbocycles. The number of aliphatic hydroxyl groups is 3. The summed E-state index contributed by atoms with van der Waals surface area (Å²) in [4.78, 5) is 8.75. The minimum atomic E-state index is -1.97. The number of aromatic amines is 1. The summed E-state index contributed by atoms with van der Waals surface area (Å²) >= 11 is 0. The fourth-order valence-corrected chi connectivity index (χ4v) is 3.64. The highest BCUT2D eigenvalue weighted by molar-refractivity contribution is 5.91. The first-order valence-electron chi connectivity index (χ1n) is 12.2. The largest absolute Gasteiger partial charge is 0.392 e. The number of nitrogens with one attached hydrogen (secondary N) is 1. The topological polar surface area (TPSA) is 115 Å². The summed E-state index contributed by atoms with van der Waals surface area (Å²) in [7, 11) is 0. The predicted molar refractivity (Wildman–Crippen MR) is 142 cm³/mol. The van der Waals surface area contributed by atoms with E-state index in [0.29, 0.717) is 36.2 Å². The number of aromatic nitrogens is 3. The van der Waals surface area contributed by atoms with Gasteiger partial charge in [0.25, 0.3) is 0 Å². The second kappa shape index (κ2) is 13.7. The predicted octanol–water partition coefficient (Wildman–Crippen LogP) is 5.31. The molecule has 188 valence electrons. The third-order valence-electron chi connectivity index (χ3n) is 5.73. The van der Waals surface area contributed by atoms with E-state index in [-0.39, 0.29) is 13.0 Å². The van der Waals surface area contributed by atoms with Crippen molar-refractivity contribution in [1.29, 1.82) is 0 Å². The number of H-pyrrole nitrogens is 1. The maximum Gasteiger partial charge on any atom is 0.203 e. The molecule has 1 heterocycles. The van der Waals surface area contributed by atoms with Crippen LogP contribution in [0.25, 0.3) is 22.5 Å².